The van der Waals surface area contributed by atoms with Gasteiger partial charge in [-0.05, 0) is 31.2 Å². The number of aliphatic hydroxyl groups is 1. The van der Waals surface area contributed by atoms with Crippen LogP contribution in [0.2, 0.25) is 0 Å². The van der Waals surface area contributed by atoms with E-state index >= 15 is 0 Å². The lowest BCUT2D eigenvalue weighted by atomic mass is 9.99. The van der Waals surface area contributed by atoms with Gasteiger partial charge in [-0.25, -0.2) is 9.59 Å². The van der Waals surface area contributed by atoms with Gasteiger partial charge in [0.25, 0.3) is 0 Å². The predicted octanol–water partition coefficient (Wildman–Crippen LogP) is 2.14. The molecule has 0 radical (unpaired) electrons. The summed E-state index contributed by atoms with van der Waals surface area (Å²) in [6.07, 6.45) is 4.03. The second-order valence-corrected chi connectivity index (χ2v) is 5.57. The van der Waals surface area contributed by atoms with Gasteiger partial charge in [0.15, 0.2) is 6.04 Å². The van der Waals surface area contributed by atoms with E-state index in [1.165, 1.54) is 0 Å². The number of nitrogens with one attached hydrogen (secondary N) is 1. The van der Waals surface area contributed by atoms with Gasteiger partial charge in [-0.2, -0.15) is 0 Å². The third kappa shape index (κ3) is 6.00. The molecule has 0 heterocycles. The predicted molar refractivity (Wildman–Crippen MR) is 87.2 cm³/mol. The number of aliphatic hydroxyl groups excluding tert-OH is 1. The maximum absolute atomic E-state index is 11.9. The number of carbonyl (C=O) groups excluding carboxylic acids is 2. The topological polar surface area (TPSA) is 97.2 Å². The molecule has 1 saturated carbocycles. The summed E-state index contributed by atoms with van der Waals surface area (Å²) in [6, 6.07) is 7.93. The van der Waals surface area contributed by atoms with E-state index in [1.807, 2.05) is 30.3 Å². The van der Waals surface area contributed by atoms with Crippen molar-refractivity contribution in [2.24, 2.45) is 5.16 Å². The smallest absolute Gasteiger partial charge is 0.408 e. The Morgan fingerprint density at radius 1 is 1.17 bits per heavy atom. The van der Waals surface area contributed by atoms with Gasteiger partial charge in [0.1, 0.15) is 6.61 Å². The fourth-order valence-electron chi connectivity index (χ4n) is 2.31. The summed E-state index contributed by atoms with van der Waals surface area (Å²) in [5.41, 5.74) is 1.65. The third-order valence-corrected chi connectivity index (χ3v) is 3.67. The average Bonchev–Trinajstić information content (AvgIpc) is 2.64. The van der Waals surface area contributed by atoms with Gasteiger partial charge in [-0.15, -0.1) is 0 Å². The minimum atomic E-state index is -1.21. The maximum atomic E-state index is 11.9. The van der Waals surface area contributed by atoms with Gasteiger partial charge >= 0.3 is 12.1 Å². The number of rotatable bonds is 6. The van der Waals surface area contributed by atoms with Crippen LogP contribution in [0.3, 0.4) is 0 Å². The summed E-state index contributed by atoms with van der Waals surface area (Å²) in [5.74, 6) is -0.813. The summed E-state index contributed by atoms with van der Waals surface area (Å²) in [5, 5.41) is 15.3. The Morgan fingerprint density at radius 3 is 2.54 bits per heavy atom. The van der Waals surface area contributed by atoms with E-state index in [4.69, 9.17) is 9.57 Å². The van der Waals surface area contributed by atoms with E-state index in [0.29, 0.717) is 0 Å². The fraction of sp³-hybridized carbons (Fsp3) is 0.471. The van der Waals surface area contributed by atoms with Crippen molar-refractivity contribution in [2.45, 2.75) is 44.8 Å². The first kappa shape index (κ1) is 17.9. The Hall–Kier alpha value is -2.41. The van der Waals surface area contributed by atoms with E-state index in [0.717, 1.165) is 43.4 Å². The lowest BCUT2D eigenvalue weighted by molar-refractivity contribution is -0.147. The Bertz CT molecular complexity index is 566. The number of carbonyl (C=O) groups is 2. The molecule has 0 aliphatic heterocycles. The molecule has 130 valence electrons. The second kappa shape index (κ2) is 9.67. The quantitative estimate of drug-likeness (QED) is 0.613. The van der Waals surface area contributed by atoms with Crippen LogP contribution in [0.5, 0.6) is 0 Å². The van der Waals surface area contributed by atoms with Gasteiger partial charge in [0, 0.05) is 0 Å². The van der Waals surface area contributed by atoms with Gasteiger partial charge in [-0.3, -0.25) is 0 Å². The summed E-state index contributed by atoms with van der Waals surface area (Å²) in [7, 11) is 0. The molecule has 1 fully saturated rings. The van der Waals surface area contributed by atoms with Crippen molar-refractivity contribution in [3.05, 3.63) is 35.9 Å². The number of alkyl carbamates (subject to hydrolysis) is 1. The summed E-state index contributed by atoms with van der Waals surface area (Å²) in [4.78, 5) is 28.4. The van der Waals surface area contributed by atoms with Crippen LogP contribution in [-0.4, -0.2) is 35.5 Å². The normalized spacial score (nSPS) is 15.3. The molecule has 2 N–H and O–H groups in total. The molecule has 0 saturated heterocycles. The standard InChI is InChI=1S/C17H22N2O5/c20-11-15(16(21)24-19-14-9-5-2-6-10-14)18-17(22)23-12-13-7-3-1-4-8-13/h1,3-4,7-8,15,20H,2,5-6,9-12H2,(H,18,22)/t15-/m0/s1. The average molecular weight is 334 g/mol. The molecule has 1 atom stereocenters. The first-order valence-corrected chi connectivity index (χ1v) is 8.03. The molecule has 24 heavy (non-hydrogen) atoms. The zero-order chi connectivity index (χ0) is 17.2. The molecule has 0 unspecified atom stereocenters. The van der Waals surface area contributed by atoms with Gasteiger partial charge in [0.05, 0.1) is 12.3 Å². The van der Waals surface area contributed by atoms with Gasteiger partial charge < -0.3 is 20.0 Å². The van der Waals surface area contributed by atoms with Crippen LogP contribution in [0, 0.1) is 0 Å². The largest absolute Gasteiger partial charge is 0.445 e. The number of hydrogen-bond acceptors (Lipinski definition) is 6. The van der Waals surface area contributed by atoms with Crippen molar-refractivity contribution >= 4 is 17.8 Å². The molecule has 0 aromatic heterocycles. The summed E-state index contributed by atoms with van der Waals surface area (Å²) < 4.78 is 5.00. The van der Waals surface area contributed by atoms with Crippen LogP contribution in [0.4, 0.5) is 4.79 Å². The van der Waals surface area contributed by atoms with Crippen molar-refractivity contribution in [2.75, 3.05) is 6.61 Å². The zero-order valence-electron chi connectivity index (χ0n) is 13.4. The van der Waals surface area contributed by atoms with Crippen molar-refractivity contribution in [3.63, 3.8) is 0 Å². The number of hydrogen-bond donors (Lipinski definition) is 2. The third-order valence-electron chi connectivity index (χ3n) is 3.67. The minimum Gasteiger partial charge on any atom is -0.445 e. The van der Waals surface area contributed by atoms with E-state index in [1.54, 1.807) is 0 Å². The van der Waals surface area contributed by atoms with Crippen LogP contribution in [0.25, 0.3) is 0 Å². The van der Waals surface area contributed by atoms with E-state index in [9.17, 15) is 14.7 Å². The van der Waals surface area contributed by atoms with Crippen LogP contribution >= 0.6 is 0 Å². The molecule has 1 aliphatic rings. The van der Waals surface area contributed by atoms with E-state index in [-0.39, 0.29) is 6.61 Å². The highest BCUT2D eigenvalue weighted by molar-refractivity contribution is 5.86. The van der Waals surface area contributed by atoms with Gasteiger partial charge in [0.2, 0.25) is 0 Å². The van der Waals surface area contributed by atoms with E-state index < -0.39 is 24.7 Å². The highest BCUT2D eigenvalue weighted by Gasteiger charge is 2.23. The SMILES string of the molecule is O=C(N[C@@H](CO)C(=O)ON=C1CCCCC1)OCc1ccccc1. The monoisotopic (exact) mass is 334 g/mol. The Kier molecular flexibility index (Phi) is 7.22. The lowest BCUT2D eigenvalue weighted by Crippen LogP contribution is -2.44. The Morgan fingerprint density at radius 2 is 1.88 bits per heavy atom. The van der Waals surface area contributed by atoms with Crippen LogP contribution in [0.1, 0.15) is 37.7 Å². The summed E-state index contributed by atoms with van der Waals surface area (Å²) >= 11 is 0. The number of amides is 1. The first-order valence-electron chi connectivity index (χ1n) is 8.03. The Balaban J connectivity index is 1.77. The minimum absolute atomic E-state index is 0.0716. The number of benzene rings is 1. The molecule has 7 heteroatoms. The number of ether oxygens (including phenoxy) is 1. The second-order valence-electron chi connectivity index (χ2n) is 5.57. The molecule has 0 bridgehead atoms. The molecule has 1 aliphatic carbocycles. The zero-order valence-corrected chi connectivity index (χ0v) is 13.4. The van der Waals surface area contributed by atoms with Gasteiger partial charge in [-0.1, -0.05) is 41.9 Å². The van der Waals surface area contributed by atoms with Crippen LogP contribution in [-0.2, 0) is 21.0 Å². The highest BCUT2D eigenvalue weighted by Crippen LogP contribution is 2.15. The van der Waals surface area contributed by atoms with Crippen molar-refractivity contribution in [3.8, 4) is 0 Å². The number of oxime groups is 1. The molecule has 1 aromatic rings. The molecule has 1 amide bonds. The fourth-order valence-corrected chi connectivity index (χ4v) is 2.31. The molecule has 0 spiro atoms. The molecular weight excluding hydrogens is 312 g/mol. The lowest BCUT2D eigenvalue weighted by Gasteiger charge is -2.15. The van der Waals surface area contributed by atoms with Crippen LogP contribution < -0.4 is 5.32 Å². The highest BCUT2D eigenvalue weighted by atomic mass is 16.7. The van der Waals surface area contributed by atoms with Crippen molar-refractivity contribution in [1.29, 1.82) is 0 Å². The summed E-state index contributed by atoms with van der Waals surface area (Å²) in [6.45, 7) is -0.522. The maximum Gasteiger partial charge on any atom is 0.408 e. The molecule has 7 nitrogen and oxygen atoms in total. The first-order chi connectivity index (χ1) is 11.7. The molecule has 2 rings (SSSR count). The Labute approximate surface area is 140 Å². The van der Waals surface area contributed by atoms with Crippen LogP contribution in [0.15, 0.2) is 35.5 Å². The number of nitrogens with zero attached hydrogens (tertiary/aromatic N) is 1. The molecular formula is C17H22N2O5. The molecule has 1 aromatic carbocycles. The van der Waals surface area contributed by atoms with E-state index in [2.05, 4.69) is 10.5 Å². The van der Waals surface area contributed by atoms with Crippen molar-refractivity contribution < 1.29 is 24.3 Å². The van der Waals surface area contributed by atoms with Crippen molar-refractivity contribution in [1.82, 2.24) is 5.32 Å².